The third-order valence-electron chi connectivity index (χ3n) is 3.72. The Kier molecular flexibility index (Phi) is 4.15. The highest BCUT2D eigenvalue weighted by Crippen LogP contribution is 2.29. The molecule has 0 bridgehead atoms. The molecule has 0 amide bonds. The molecule has 7 nitrogen and oxygen atoms in total. The number of rotatable bonds is 3. The highest BCUT2D eigenvalue weighted by atomic mass is 35.5. The number of piperidine rings is 1. The van der Waals surface area contributed by atoms with Gasteiger partial charge in [-0.2, -0.15) is 4.98 Å². The minimum Gasteiger partial charge on any atom is -0.356 e. The minimum absolute atomic E-state index is 0.212. The van der Waals surface area contributed by atoms with Crippen molar-refractivity contribution < 1.29 is 4.52 Å². The van der Waals surface area contributed by atoms with Crippen LogP contribution in [0.2, 0.25) is 5.15 Å². The minimum atomic E-state index is 0.212. The van der Waals surface area contributed by atoms with E-state index in [9.17, 15) is 0 Å². The van der Waals surface area contributed by atoms with E-state index in [1.54, 1.807) is 6.07 Å². The van der Waals surface area contributed by atoms with E-state index in [4.69, 9.17) is 16.1 Å². The van der Waals surface area contributed by atoms with Crippen molar-refractivity contribution >= 4 is 23.4 Å². The molecule has 0 aromatic carbocycles. The second kappa shape index (κ2) is 6.08. The third kappa shape index (κ3) is 3.14. The fourth-order valence-electron chi connectivity index (χ4n) is 2.64. The smallest absolute Gasteiger partial charge is 0.265 e. The average molecular weight is 323 g/mol. The summed E-state index contributed by atoms with van der Waals surface area (Å²) in [5.41, 5.74) is 0. The second-order valence-electron chi connectivity index (χ2n) is 5.71. The molecular weight excluding hydrogens is 304 g/mol. The molecule has 3 rings (SSSR count). The molecule has 0 radical (unpaired) electrons. The number of anilines is 2. The van der Waals surface area contributed by atoms with E-state index in [-0.39, 0.29) is 5.92 Å². The molecular formula is C14H19ClN6O. The van der Waals surface area contributed by atoms with Gasteiger partial charge in [-0.25, -0.2) is 9.97 Å². The first kappa shape index (κ1) is 15.0. The standard InChI is InChI=1S/C14H19ClN6O/c1-9-16-11(15)7-12(17-9)21-6-4-5-10(8-21)13-18-14(19-22-13)20(2)3/h7,10H,4-6,8H2,1-3H3. The van der Waals surface area contributed by atoms with Gasteiger partial charge in [0.15, 0.2) is 0 Å². The van der Waals surface area contributed by atoms with Gasteiger partial charge in [-0.05, 0) is 24.9 Å². The van der Waals surface area contributed by atoms with Crippen LogP contribution in [-0.4, -0.2) is 47.3 Å². The quantitative estimate of drug-likeness (QED) is 0.803. The molecule has 0 saturated carbocycles. The van der Waals surface area contributed by atoms with E-state index in [2.05, 4.69) is 25.0 Å². The van der Waals surface area contributed by atoms with Crippen LogP contribution in [0.1, 0.15) is 30.5 Å². The number of hydrogen-bond donors (Lipinski definition) is 0. The van der Waals surface area contributed by atoms with Crippen LogP contribution in [0, 0.1) is 6.92 Å². The Bertz CT molecular complexity index is 638. The summed E-state index contributed by atoms with van der Waals surface area (Å²) < 4.78 is 5.41. The van der Waals surface area contributed by atoms with Crippen molar-refractivity contribution in [2.75, 3.05) is 37.0 Å². The van der Waals surface area contributed by atoms with E-state index in [1.165, 1.54) is 0 Å². The molecule has 22 heavy (non-hydrogen) atoms. The number of hydrogen-bond acceptors (Lipinski definition) is 7. The van der Waals surface area contributed by atoms with Gasteiger partial charge in [0.2, 0.25) is 5.89 Å². The lowest BCUT2D eigenvalue weighted by molar-refractivity contribution is 0.332. The zero-order valence-electron chi connectivity index (χ0n) is 13.0. The van der Waals surface area contributed by atoms with E-state index < -0.39 is 0 Å². The predicted molar refractivity (Wildman–Crippen MR) is 84.6 cm³/mol. The van der Waals surface area contributed by atoms with Gasteiger partial charge >= 0.3 is 0 Å². The summed E-state index contributed by atoms with van der Waals surface area (Å²) in [6, 6.07) is 1.80. The Labute approximate surface area is 134 Å². The molecule has 2 aromatic heterocycles. The lowest BCUT2D eigenvalue weighted by Gasteiger charge is -2.32. The molecule has 1 saturated heterocycles. The summed E-state index contributed by atoms with van der Waals surface area (Å²) in [4.78, 5) is 17.1. The fourth-order valence-corrected chi connectivity index (χ4v) is 2.86. The van der Waals surface area contributed by atoms with Gasteiger partial charge in [-0.15, -0.1) is 0 Å². The Hall–Kier alpha value is -1.89. The molecule has 1 aliphatic rings. The van der Waals surface area contributed by atoms with Crippen LogP contribution < -0.4 is 9.80 Å². The molecule has 0 aliphatic carbocycles. The van der Waals surface area contributed by atoms with Crippen LogP contribution in [0.15, 0.2) is 10.6 Å². The SMILES string of the molecule is Cc1nc(Cl)cc(N2CCCC(c3nc(N(C)C)no3)C2)n1. The maximum atomic E-state index is 6.04. The van der Waals surface area contributed by atoms with Gasteiger partial charge in [0.25, 0.3) is 5.95 Å². The molecule has 1 atom stereocenters. The molecule has 118 valence electrons. The summed E-state index contributed by atoms with van der Waals surface area (Å²) in [7, 11) is 3.79. The molecule has 1 fully saturated rings. The highest BCUT2D eigenvalue weighted by Gasteiger charge is 2.27. The average Bonchev–Trinajstić information content (AvgIpc) is 2.96. The number of nitrogens with zero attached hydrogens (tertiary/aromatic N) is 6. The van der Waals surface area contributed by atoms with Crippen molar-refractivity contribution in [3.8, 4) is 0 Å². The van der Waals surface area contributed by atoms with Crippen LogP contribution in [0.25, 0.3) is 0 Å². The molecule has 1 aliphatic heterocycles. The lowest BCUT2D eigenvalue weighted by atomic mass is 9.98. The molecule has 0 spiro atoms. The third-order valence-corrected chi connectivity index (χ3v) is 3.91. The Balaban J connectivity index is 1.78. The van der Waals surface area contributed by atoms with E-state index in [0.29, 0.717) is 22.8 Å². The Morgan fingerprint density at radius 3 is 2.82 bits per heavy atom. The van der Waals surface area contributed by atoms with Crippen LogP contribution in [-0.2, 0) is 0 Å². The van der Waals surface area contributed by atoms with Gasteiger partial charge in [-0.3, -0.25) is 0 Å². The molecule has 2 aromatic rings. The van der Waals surface area contributed by atoms with Gasteiger partial charge in [0.05, 0.1) is 5.92 Å². The predicted octanol–water partition coefficient (Wildman–Crippen LogP) is 2.27. The van der Waals surface area contributed by atoms with E-state index in [1.807, 2.05) is 25.9 Å². The van der Waals surface area contributed by atoms with E-state index in [0.717, 1.165) is 31.7 Å². The summed E-state index contributed by atoms with van der Waals surface area (Å²) in [5.74, 6) is 3.04. The van der Waals surface area contributed by atoms with Crippen molar-refractivity contribution in [2.45, 2.75) is 25.7 Å². The zero-order chi connectivity index (χ0) is 15.7. The van der Waals surface area contributed by atoms with Gasteiger partial charge in [0.1, 0.15) is 16.8 Å². The summed E-state index contributed by atoms with van der Waals surface area (Å²) in [6.45, 7) is 3.58. The van der Waals surface area contributed by atoms with Crippen molar-refractivity contribution in [3.63, 3.8) is 0 Å². The maximum absolute atomic E-state index is 6.04. The fraction of sp³-hybridized carbons (Fsp3) is 0.571. The van der Waals surface area contributed by atoms with Crippen molar-refractivity contribution in [1.29, 1.82) is 0 Å². The summed E-state index contributed by atoms with van der Waals surface area (Å²) in [6.07, 6.45) is 2.08. The molecule has 1 unspecified atom stereocenters. The zero-order valence-corrected chi connectivity index (χ0v) is 13.7. The lowest BCUT2D eigenvalue weighted by Crippen LogP contribution is -2.35. The second-order valence-corrected chi connectivity index (χ2v) is 6.10. The Morgan fingerprint density at radius 2 is 2.14 bits per heavy atom. The maximum Gasteiger partial charge on any atom is 0.265 e. The molecule has 0 N–H and O–H groups in total. The topological polar surface area (TPSA) is 71.2 Å². The normalized spacial score (nSPS) is 18.5. The van der Waals surface area contributed by atoms with Gasteiger partial charge in [0, 0.05) is 33.3 Å². The van der Waals surface area contributed by atoms with Crippen LogP contribution in [0.3, 0.4) is 0 Å². The van der Waals surface area contributed by atoms with Crippen molar-refractivity contribution in [2.24, 2.45) is 0 Å². The molecule has 8 heteroatoms. The van der Waals surface area contributed by atoms with Crippen molar-refractivity contribution in [1.82, 2.24) is 20.1 Å². The van der Waals surface area contributed by atoms with Crippen LogP contribution in [0.5, 0.6) is 0 Å². The molecule has 3 heterocycles. The largest absolute Gasteiger partial charge is 0.356 e. The summed E-state index contributed by atoms with van der Waals surface area (Å²) in [5, 5.41) is 4.46. The van der Waals surface area contributed by atoms with Crippen LogP contribution in [0.4, 0.5) is 11.8 Å². The summed E-state index contributed by atoms with van der Waals surface area (Å²) >= 11 is 6.04. The van der Waals surface area contributed by atoms with Crippen molar-refractivity contribution in [3.05, 3.63) is 22.9 Å². The first-order valence-corrected chi connectivity index (χ1v) is 7.68. The number of aryl methyl sites for hydroxylation is 1. The van der Waals surface area contributed by atoms with Gasteiger partial charge < -0.3 is 14.3 Å². The first-order valence-electron chi connectivity index (χ1n) is 7.30. The van der Waals surface area contributed by atoms with Gasteiger partial charge in [-0.1, -0.05) is 11.6 Å². The van der Waals surface area contributed by atoms with Crippen LogP contribution >= 0.6 is 11.6 Å². The Morgan fingerprint density at radius 1 is 1.32 bits per heavy atom. The first-order chi connectivity index (χ1) is 10.5. The van der Waals surface area contributed by atoms with E-state index >= 15 is 0 Å². The number of aromatic nitrogens is 4. The monoisotopic (exact) mass is 322 g/mol. The highest BCUT2D eigenvalue weighted by molar-refractivity contribution is 6.29. The number of halogens is 1.